The van der Waals surface area contributed by atoms with E-state index in [2.05, 4.69) is 15.3 Å². The maximum atomic E-state index is 14.1. The fourth-order valence-electron chi connectivity index (χ4n) is 4.03. The topological polar surface area (TPSA) is 94.1 Å². The van der Waals surface area contributed by atoms with Gasteiger partial charge in [0.2, 0.25) is 10.0 Å². The molecule has 3 heterocycles. The molecule has 0 amide bonds. The smallest absolute Gasteiger partial charge is 0.268 e. The average Bonchev–Trinajstić information content (AvgIpc) is 3.40. The summed E-state index contributed by atoms with van der Waals surface area (Å²) < 4.78 is 49.7. The molecule has 1 aliphatic heterocycles. The summed E-state index contributed by atoms with van der Waals surface area (Å²) in [5, 5.41) is 12.6. The Kier molecular flexibility index (Phi) is 5.13. The zero-order chi connectivity index (χ0) is 23.3. The predicted molar refractivity (Wildman–Crippen MR) is 119 cm³/mol. The van der Waals surface area contributed by atoms with Crippen molar-refractivity contribution in [3.8, 4) is 23.0 Å². The van der Waals surface area contributed by atoms with Gasteiger partial charge in [0.1, 0.15) is 5.82 Å². The molecule has 0 unspecified atom stereocenters. The maximum absolute atomic E-state index is 14.1. The molecule has 5 rings (SSSR count). The molecule has 0 bridgehead atoms. The van der Waals surface area contributed by atoms with E-state index in [-0.39, 0.29) is 28.8 Å². The first-order valence-electron chi connectivity index (χ1n) is 10.5. The number of sulfonamides is 1. The first-order chi connectivity index (χ1) is 15.8. The number of rotatable bonds is 4. The Morgan fingerprint density at radius 1 is 1.03 bits per heavy atom. The molecule has 0 spiro atoms. The fraction of sp³-hybridized carbons (Fsp3) is 0.261. The van der Waals surface area contributed by atoms with Crippen LogP contribution in [-0.2, 0) is 30.0 Å². The molecule has 0 saturated carbocycles. The second-order valence-electron chi connectivity index (χ2n) is 8.12. The zero-order valence-electron chi connectivity index (χ0n) is 18.4. The molecule has 0 fully saturated rings. The van der Waals surface area contributed by atoms with Gasteiger partial charge in [-0.15, -0.1) is 10.2 Å². The molecular weight excluding hydrogens is 445 g/mol. The van der Waals surface area contributed by atoms with Crippen molar-refractivity contribution in [3.05, 3.63) is 70.7 Å². The van der Waals surface area contributed by atoms with Gasteiger partial charge in [-0.05, 0) is 49.2 Å². The van der Waals surface area contributed by atoms with Crippen molar-refractivity contribution < 1.29 is 17.2 Å². The summed E-state index contributed by atoms with van der Waals surface area (Å²) >= 11 is 0. The Hall–Kier alpha value is -3.37. The number of hydrogen-bond donors (Lipinski definition) is 0. The number of aryl methyl sites for hydroxylation is 3. The average molecular weight is 468 g/mol. The lowest BCUT2D eigenvalue weighted by molar-refractivity contribution is 0.386. The fourth-order valence-corrected chi connectivity index (χ4v) is 5.52. The molecule has 8 nitrogen and oxygen atoms in total. The summed E-state index contributed by atoms with van der Waals surface area (Å²) in [6.45, 7) is 4.31. The van der Waals surface area contributed by atoms with Gasteiger partial charge < -0.3 is 4.42 Å². The molecule has 0 radical (unpaired) electrons. The standard InChI is InChI=1S/C23H22FN5O3S/c1-14-8-9-16(12-15(14)2)33(30,31)29-11-10-20-18(13-29)21(27-28(20)3)23-26-25-22(32-23)17-6-4-5-7-19(17)24/h4-9,12H,10-11,13H2,1-3H3. The van der Waals surface area contributed by atoms with Crippen molar-refractivity contribution in [2.75, 3.05) is 6.54 Å². The molecule has 0 aliphatic carbocycles. The van der Waals surface area contributed by atoms with Crippen LogP contribution >= 0.6 is 0 Å². The van der Waals surface area contributed by atoms with Gasteiger partial charge in [0, 0.05) is 37.8 Å². The Morgan fingerprint density at radius 3 is 2.55 bits per heavy atom. The lowest BCUT2D eigenvalue weighted by Crippen LogP contribution is -2.36. The number of benzene rings is 2. The highest BCUT2D eigenvalue weighted by Crippen LogP contribution is 2.33. The molecular formula is C23H22FN5O3S. The quantitative estimate of drug-likeness (QED) is 0.455. The van der Waals surface area contributed by atoms with Crippen LogP contribution in [0.1, 0.15) is 22.4 Å². The van der Waals surface area contributed by atoms with E-state index in [1.165, 1.54) is 10.4 Å². The van der Waals surface area contributed by atoms with Gasteiger partial charge in [-0.2, -0.15) is 9.40 Å². The Bertz CT molecular complexity index is 1480. The Labute approximate surface area is 190 Å². The summed E-state index contributed by atoms with van der Waals surface area (Å²) in [5.41, 5.74) is 4.17. The Morgan fingerprint density at radius 2 is 1.79 bits per heavy atom. The van der Waals surface area contributed by atoms with E-state index in [4.69, 9.17) is 4.42 Å². The van der Waals surface area contributed by atoms with Gasteiger partial charge in [-0.25, -0.2) is 12.8 Å². The lowest BCUT2D eigenvalue weighted by atomic mass is 10.1. The lowest BCUT2D eigenvalue weighted by Gasteiger charge is -2.27. The van der Waals surface area contributed by atoms with Gasteiger partial charge in [0.25, 0.3) is 11.8 Å². The summed E-state index contributed by atoms with van der Waals surface area (Å²) in [6.07, 6.45) is 0.497. The summed E-state index contributed by atoms with van der Waals surface area (Å²) in [5.74, 6) is -0.310. The van der Waals surface area contributed by atoms with Crippen LogP contribution in [-0.4, -0.2) is 39.2 Å². The van der Waals surface area contributed by atoms with Crippen molar-refractivity contribution >= 4 is 10.0 Å². The number of nitrogens with zero attached hydrogens (tertiary/aromatic N) is 5. The van der Waals surface area contributed by atoms with Crippen molar-refractivity contribution in [2.45, 2.75) is 31.7 Å². The van der Waals surface area contributed by atoms with Crippen LogP contribution in [0.2, 0.25) is 0 Å². The van der Waals surface area contributed by atoms with Crippen molar-refractivity contribution in [1.29, 1.82) is 0 Å². The van der Waals surface area contributed by atoms with E-state index in [0.717, 1.165) is 16.8 Å². The highest BCUT2D eigenvalue weighted by molar-refractivity contribution is 7.89. The minimum Gasteiger partial charge on any atom is -0.414 e. The van der Waals surface area contributed by atoms with Gasteiger partial charge in [-0.1, -0.05) is 18.2 Å². The number of hydrogen-bond acceptors (Lipinski definition) is 6. The third-order valence-corrected chi connectivity index (χ3v) is 7.90. The van der Waals surface area contributed by atoms with Gasteiger partial charge in [-0.3, -0.25) is 4.68 Å². The molecule has 2 aromatic carbocycles. The zero-order valence-corrected chi connectivity index (χ0v) is 19.2. The normalized spacial score (nSPS) is 14.4. The first kappa shape index (κ1) is 21.5. The summed E-state index contributed by atoms with van der Waals surface area (Å²) in [6, 6.07) is 11.3. The highest BCUT2D eigenvalue weighted by Gasteiger charge is 2.33. The predicted octanol–water partition coefficient (Wildman–Crippen LogP) is 3.64. The van der Waals surface area contributed by atoms with E-state index < -0.39 is 15.8 Å². The SMILES string of the molecule is Cc1ccc(S(=O)(=O)N2CCc3c(c(-c4nnc(-c5ccccc5F)o4)nn3C)C2)cc1C. The summed E-state index contributed by atoms with van der Waals surface area (Å²) in [4.78, 5) is 0.263. The number of halogens is 1. The van der Waals surface area contributed by atoms with Crippen LogP contribution in [0.15, 0.2) is 51.8 Å². The van der Waals surface area contributed by atoms with E-state index in [1.54, 1.807) is 42.1 Å². The molecule has 0 saturated heterocycles. The second kappa shape index (κ2) is 7.89. The minimum atomic E-state index is -3.70. The highest BCUT2D eigenvalue weighted by atomic mass is 32.2. The van der Waals surface area contributed by atoms with Crippen LogP contribution in [0.5, 0.6) is 0 Å². The third-order valence-electron chi connectivity index (χ3n) is 6.06. The first-order valence-corrected chi connectivity index (χ1v) is 11.9. The molecule has 4 aromatic rings. The van der Waals surface area contributed by atoms with Crippen molar-refractivity contribution in [2.24, 2.45) is 7.05 Å². The maximum Gasteiger partial charge on any atom is 0.268 e. The second-order valence-corrected chi connectivity index (χ2v) is 10.1. The van der Waals surface area contributed by atoms with E-state index in [1.807, 2.05) is 19.9 Å². The van der Waals surface area contributed by atoms with Crippen LogP contribution in [0.4, 0.5) is 4.39 Å². The molecule has 170 valence electrons. The largest absolute Gasteiger partial charge is 0.414 e. The van der Waals surface area contributed by atoms with Crippen molar-refractivity contribution in [1.82, 2.24) is 24.3 Å². The van der Waals surface area contributed by atoms with Crippen LogP contribution < -0.4 is 0 Å². The summed E-state index contributed by atoms with van der Waals surface area (Å²) in [7, 11) is -1.90. The van der Waals surface area contributed by atoms with E-state index >= 15 is 0 Å². The number of fused-ring (bicyclic) bond motifs is 1. The van der Waals surface area contributed by atoms with E-state index in [9.17, 15) is 12.8 Å². The van der Waals surface area contributed by atoms with Gasteiger partial charge >= 0.3 is 0 Å². The van der Waals surface area contributed by atoms with Gasteiger partial charge in [0.05, 0.1) is 10.5 Å². The molecule has 2 aromatic heterocycles. The monoisotopic (exact) mass is 467 g/mol. The van der Waals surface area contributed by atoms with E-state index in [0.29, 0.717) is 24.2 Å². The van der Waals surface area contributed by atoms with Crippen LogP contribution in [0, 0.1) is 19.7 Å². The number of aromatic nitrogens is 4. The molecule has 10 heteroatoms. The third kappa shape index (κ3) is 3.65. The van der Waals surface area contributed by atoms with Crippen LogP contribution in [0.3, 0.4) is 0 Å². The molecule has 33 heavy (non-hydrogen) atoms. The molecule has 0 N–H and O–H groups in total. The van der Waals surface area contributed by atoms with Crippen molar-refractivity contribution in [3.63, 3.8) is 0 Å². The van der Waals surface area contributed by atoms with Gasteiger partial charge in [0.15, 0.2) is 5.69 Å². The molecule has 1 aliphatic rings. The van der Waals surface area contributed by atoms with Crippen LogP contribution in [0.25, 0.3) is 23.0 Å². The molecule has 0 atom stereocenters. The minimum absolute atomic E-state index is 0.0397. The Balaban J connectivity index is 1.51.